The molecule has 5 rings (SSSR count). The van der Waals surface area contributed by atoms with E-state index in [1.807, 2.05) is 67.3 Å². The number of aryl methyl sites for hydroxylation is 2. The molecule has 0 atom stereocenters. The minimum absolute atomic E-state index is 0.00403. The van der Waals surface area contributed by atoms with Gasteiger partial charge in [0, 0.05) is 36.6 Å². The van der Waals surface area contributed by atoms with E-state index in [1.165, 1.54) is 0 Å². The molecule has 1 amide bonds. The lowest BCUT2D eigenvalue weighted by molar-refractivity contribution is 0.0625. The Hall–Kier alpha value is -3.49. The monoisotopic (exact) mass is 474 g/mol. The number of rotatable bonds is 5. The highest BCUT2D eigenvalue weighted by Gasteiger charge is 2.23. The van der Waals surface area contributed by atoms with E-state index in [0.29, 0.717) is 42.2 Å². The van der Waals surface area contributed by atoms with Crippen LogP contribution in [0.2, 0.25) is 0 Å². The highest BCUT2D eigenvalue weighted by atomic mass is 32.1. The molecule has 0 unspecified atom stereocenters. The number of carbonyl (C=O) groups excluding carboxylic acids is 1. The largest absolute Gasteiger partial charge is 0.457 e. The highest BCUT2D eigenvalue weighted by Crippen LogP contribution is 2.26. The van der Waals surface area contributed by atoms with Crippen molar-refractivity contribution in [1.29, 1.82) is 0 Å². The molecule has 1 fully saturated rings. The first kappa shape index (κ1) is 22.3. The van der Waals surface area contributed by atoms with Gasteiger partial charge >= 0.3 is 0 Å². The summed E-state index contributed by atoms with van der Waals surface area (Å²) in [6.07, 6.45) is 0. The van der Waals surface area contributed by atoms with Gasteiger partial charge in [0.25, 0.3) is 11.5 Å². The van der Waals surface area contributed by atoms with Crippen LogP contribution in [0.3, 0.4) is 0 Å². The van der Waals surface area contributed by atoms with Crippen molar-refractivity contribution in [3.8, 4) is 11.5 Å². The Morgan fingerprint density at radius 2 is 1.76 bits per heavy atom. The second-order valence-corrected chi connectivity index (χ2v) is 9.69. The van der Waals surface area contributed by atoms with E-state index < -0.39 is 0 Å². The SMILES string of the molecule is Cc1sc2nc(CN3CCN(C(=O)c4cccc(Oc5ccccc5)c4)CC3)[nH]c(=O)c2c1C. The zero-order valence-electron chi connectivity index (χ0n) is 19.2. The highest BCUT2D eigenvalue weighted by molar-refractivity contribution is 7.18. The van der Waals surface area contributed by atoms with Gasteiger partial charge in [-0.15, -0.1) is 11.3 Å². The minimum Gasteiger partial charge on any atom is -0.457 e. The van der Waals surface area contributed by atoms with Crippen molar-refractivity contribution in [2.75, 3.05) is 26.2 Å². The third-order valence-electron chi connectivity index (χ3n) is 6.18. The zero-order chi connectivity index (χ0) is 23.7. The van der Waals surface area contributed by atoms with Crippen molar-refractivity contribution >= 4 is 27.5 Å². The Bertz CT molecular complexity index is 1390. The quantitative estimate of drug-likeness (QED) is 0.465. The fraction of sp³-hybridized carbons (Fsp3) is 0.269. The fourth-order valence-electron chi connectivity index (χ4n) is 4.19. The molecule has 3 heterocycles. The van der Waals surface area contributed by atoms with Crippen molar-refractivity contribution in [3.05, 3.63) is 86.8 Å². The Kier molecular flexibility index (Phi) is 6.17. The number of para-hydroxylation sites is 1. The topological polar surface area (TPSA) is 78.5 Å². The maximum Gasteiger partial charge on any atom is 0.259 e. The van der Waals surface area contributed by atoms with Gasteiger partial charge in [-0.25, -0.2) is 4.98 Å². The molecule has 0 saturated carbocycles. The van der Waals surface area contributed by atoms with Crippen LogP contribution < -0.4 is 10.3 Å². The summed E-state index contributed by atoms with van der Waals surface area (Å²) in [5.41, 5.74) is 1.54. The first-order valence-electron chi connectivity index (χ1n) is 11.3. The lowest BCUT2D eigenvalue weighted by atomic mass is 10.1. The average molecular weight is 475 g/mol. The van der Waals surface area contributed by atoms with Gasteiger partial charge in [0.05, 0.1) is 11.9 Å². The summed E-state index contributed by atoms with van der Waals surface area (Å²) in [5.74, 6) is 2.04. The molecule has 8 heteroatoms. The van der Waals surface area contributed by atoms with Crippen molar-refractivity contribution in [1.82, 2.24) is 19.8 Å². The van der Waals surface area contributed by atoms with Gasteiger partial charge in [-0.05, 0) is 49.7 Å². The third kappa shape index (κ3) is 4.60. The number of aromatic amines is 1. The molecule has 0 bridgehead atoms. The summed E-state index contributed by atoms with van der Waals surface area (Å²) in [7, 11) is 0. The van der Waals surface area contributed by atoms with Crippen LogP contribution in [0.1, 0.15) is 26.6 Å². The van der Waals surface area contributed by atoms with E-state index in [2.05, 4.69) is 14.9 Å². The molecule has 2 aromatic heterocycles. The van der Waals surface area contributed by atoms with Gasteiger partial charge in [-0.1, -0.05) is 24.3 Å². The predicted molar refractivity (Wildman–Crippen MR) is 134 cm³/mol. The molecular formula is C26H26N4O3S. The van der Waals surface area contributed by atoms with E-state index in [-0.39, 0.29) is 11.5 Å². The minimum atomic E-state index is -0.0757. The number of hydrogen-bond acceptors (Lipinski definition) is 6. The van der Waals surface area contributed by atoms with E-state index in [9.17, 15) is 9.59 Å². The average Bonchev–Trinajstić information content (AvgIpc) is 3.13. The number of aromatic nitrogens is 2. The molecule has 0 radical (unpaired) electrons. The molecule has 4 aromatic rings. The first-order valence-corrected chi connectivity index (χ1v) is 12.1. The van der Waals surface area contributed by atoms with Crippen LogP contribution in [0.4, 0.5) is 0 Å². The summed E-state index contributed by atoms with van der Waals surface area (Å²) < 4.78 is 5.87. The van der Waals surface area contributed by atoms with E-state index in [1.54, 1.807) is 17.4 Å². The molecule has 2 aromatic carbocycles. The van der Waals surface area contributed by atoms with Gasteiger partial charge in [-0.3, -0.25) is 14.5 Å². The maximum absolute atomic E-state index is 13.1. The Morgan fingerprint density at radius 3 is 2.53 bits per heavy atom. The van der Waals surface area contributed by atoms with Crippen LogP contribution in [-0.4, -0.2) is 51.9 Å². The van der Waals surface area contributed by atoms with Gasteiger partial charge < -0.3 is 14.6 Å². The van der Waals surface area contributed by atoms with E-state index >= 15 is 0 Å². The second-order valence-electron chi connectivity index (χ2n) is 8.49. The summed E-state index contributed by atoms with van der Waals surface area (Å²) in [6, 6.07) is 16.8. The number of thiophene rings is 1. The maximum atomic E-state index is 13.1. The normalized spacial score (nSPS) is 14.5. The molecule has 1 aliphatic rings. The second kappa shape index (κ2) is 9.40. The van der Waals surface area contributed by atoms with Crippen molar-refractivity contribution in [2.45, 2.75) is 20.4 Å². The number of benzene rings is 2. The summed E-state index contributed by atoms with van der Waals surface area (Å²) >= 11 is 1.56. The molecule has 1 saturated heterocycles. The Balaban J connectivity index is 1.22. The van der Waals surface area contributed by atoms with Crippen molar-refractivity contribution in [2.24, 2.45) is 0 Å². The van der Waals surface area contributed by atoms with Gasteiger partial charge in [0.1, 0.15) is 22.2 Å². The number of nitrogens with one attached hydrogen (secondary N) is 1. The molecule has 174 valence electrons. The number of ether oxygens (including phenoxy) is 1. The third-order valence-corrected chi connectivity index (χ3v) is 7.28. The van der Waals surface area contributed by atoms with Crippen LogP contribution >= 0.6 is 11.3 Å². The van der Waals surface area contributed by atoms with Crippen LogP contribution in [0.15, 0.2) is 59.4 Å². The standard InChI is InChI=1S/C26H26N4O3S/c1-17-18(2)34-25-23(17)24(31)27-22(28-25)16-29-11-13-30(14-12-29)26(32)19-7-6-10-21(15-19)33-20-8-4-3-5-9-20/h3-10,15H,11-14,16H2,1-2H3,(H,27,28,31). The number of hydrogen-bond donors (Lipinski definition) is 1. The molecular weight excluding hydrogens is 448 g/mol. The summed E-state index contributed by atoms with van der Waals surface area (Å²) in [5, 5.41) is 0.695. The molecule has 7 nitrogen and oxygen atoms in total. The van der Waals surface area contributed by atoms with Crippen LogP contribution in [0.25, 0.3) is 10.2 Å². The van der Waals surface area contributed by atoms with Gasteiger partial charge in [0.2, 0.25) is 0 Å². The number of nitrogens with zero attached hydrogens (tertiary/aromatic N) is 3. The van der Waals surface area contributed by atoms with Gasteiger partial charge in [-0.2, -0.15) is 0 Å². The van der Waals surface area contributed by atoms with Crippen LogP contribution in [0, 0.1) is 13.8 Å². The predicted octanol–water partition coefficient (Wildman–Crippen LogP) is 4.35. The number of fused-ring (bicyclic) bond motifs is 1. The Labute approximate surface area is 201 Å². The van der Waals surface area contributed by atoms with Crippen molar-refractivity contribution in [3.63, 3.8) is 0 Å². The zero-order valence-corrected chi connectivity index (χ0v) is 20.0. The van der Waals surface area contributed by atoms with E-state index in [0.717, 1.165) is 34.1 Å². The number of H-pyrrole nitrogens is 1. The summed E-state index contributed by atoms with van der Waals surface area (Å²) in [4.78, 5) is 39.3. The molecule has 1 N–H and O–H groups in total. The number of piperazine rings is 1. The number of amides is 1. The molecule has 0 aliphatic carbocycles. The Morgan fingerprint density at radius 1 is 1.03 bits per heavy atom. The first-order chi connectivity index (χ1) is 16.5. The van der Waals surface area contributed by atoms with Crippen LogP contribution in [-0.2, 0) is 6.54 Å². The summed E-state index contributed by atoms with van der Waals surface area (Å²) in [6.45, 7) is 7.21. The number of carbonyl (C=O) groups is 1. The smallest absolute Gasteiger partial charge is 0.259 e. The fourth-order valence-corrected chi connectivity index (χ4v) is 5.24. The van der Waals surface area contributed by atoms with Crippen LogP contribution in [0.5, 0.6) is 11.5 Å². The van der Waals surface area contributed by atoms with Gasteiger partial charge in [0.15, 0.2) is 0 Å². The lowest BCUT2D eigenvalue weighted by Crippen LogP contribution is -2.48. The van der Waals surface area contributed by atoms with E-state index in [4.69, 9.17) is 4.74 Å². The lowest BCUT2D eigenvalue weighted by Gasteiger charge is -2.34. The molecule has 34 heavy (non-hydrogen) atoms. The molecule has 0 spiro atoms. The van der Waals surface area contributed by atoms with Crippen molar-refractivity contribution < 1.29 is 9.53 Å². The molecule has 1 aliphatic heterocycles.